The fourth-order valence-electron chi connectivity index (χ4n) is 3.68. The first-order valence-corrected chi connectivity index (χ1v) is 11.3. The van der Waals surface area contributed by atoms with E-state index in [2.05, 4.69) is 36.9 Å². The molecule has 2 atom stereocenters. The molecule has 2 saturated heterocycles. The maximum Gasteiger partial charge on any atom is 0.490 e. The van der Waals surface area contributed by atoms with E-state index in [0.717, 1.165) is 25.6 Å². The van der Waals surface area contributed by atoms with Crippen LogP contribution >= 0.6 is 0 Å². The highest BCUT2D eigenvalue weighted by molar-refractivity contribution is 5.73. The summed E-state index contributed by atoms with van der Waals surface area (Å²) in [4.78, 5) is 44.6. The second-order valence-electron chi connectivity index (χ2n) is 8.19. The number of anilines is 1. The molecular weight excluding hydrogens is 601 g/mol. The SMILES string of the molecule is O=C(O)C(F)(F)F.O=C(O)C(F)(F)F.O=C(O)C(F)(F)F.c1cnc(N2CC[C@@H]3[C@@H]2CCN3Cc2ccncc2)nc1. The van der Waals surface area contributed by atoms with Crippen molar-refractivity contribution in [1.29, 1.82) is 0 Å². The van der Waals surface area contributed by atoms with E-state index in [1.165, 1.54) is 18.4 Å². The number of aromatic nitrogens is 3. The van der Waals surface area contributed by atoms with Gasteiger partial charge in [0.15, 0.2) is 0 Å². The molecule has 3 N–H and O–H groups in total. The number of halogens is 9. The third-order valence-corrected chi connectivity index (χ3v) is 5.36. The number of carboxylic acid groups (broad SMARTS) is 3. The summed E-state index contributed by atoms with van der Waals surface area (Å²) in [5.41, 5.74) is 1.35. The molecular formula is C22H22F9N5O6. The number of pyridine rings is 1. The van der Waals surface area contributed by atoms with Crippen molar-refractivity contribution in [3.05, 3.63) is 48.5 Å². The average Bonchev–Trinajstić information content (AvgIpc) is 3.48. The summed E-state index contributed by atoms with van der Waals surface area (Å²) in [5.74, 6) is -7.39. The van der Waals surface area contributed by atoms with Gasteiger partial charge in [0.25, 0.3) is 0 Å². The van der Waals surface area contributed by atoms with Crippen LogP contribution in [0.2, 0.25) is 0 Å². The molecule has 0 aliphatic carbocycles. The van der Waals surface area contributed by atoms with E-state index in [1.807, 2.05) is 30.9 Å². The molecule has 20 heteroatoms. The summed E-state index contributed by atoms with van der Waals surface area (Å²) < 4.78 is 95.2. The maximum absolute atomic E-state index is 10.6. The molecule has 2 aliphatic rings. The third kappa shape index (κ3) is 12.1. The van der Waals surface area contributed by atoms with Gasteiger partial charge in [-0.15, -0.1) is 0 Å². The normalized spacial score (nSPS) is 18.3. The summed E-state index contributed by atoms with van der Waals surface area (Å²) in [6.07, 6.45) is -5.43. The standard InChI is InChI=1S/C16H19N5.3C2HF3O2/c1-6-18-16(19-7-1)21-11-5-14-15(21)4-10-20(14)12-13-2-8-17-9-3-13;3*3-2(4,5)1(6)7/h1-3,6-9,14-15H,4-5,10-12H2;3*(H,6,7)/t14-,15+;;;/m1.../s1. The molecule has 4 heterocycles. The summed E-state index contributed by atoms with van der Waals surface area (Å²) >= 11 is 0. The number of aliphatic carboxylic acids is 3. The minimum absolute atomic E-state index is 0.564. The summed E-state index contributed by atoms with van der Waals surface area (Å²) in [7, 11) is 0. The Morgan fingerprint density at radius 1 is 0.714 bits per heavy atom. The Morgan fingerprint density at radius 2 is 1.12 bits per heavy atom. The zero-order valence-electron chi connectivity index (χ0n) is 20.9. The molecule has 4 rings (SSSR count). The fourth-order valence-corrected chi connectivity index (χ4v) is 3.68. The van der Waals surface area contributed by atoms with Crippen LogP contribution in [-0.4, -0.2) is 96.8 Å². The second kappa shape index (κ2) is 15.1. The Morgan fingerprint density at radius 3 is 1.52 bits per heavy atom. The summed E-state index contributed by atoms with van der Waals surface area (Å²) in [6.45, 7) is 3.24. The van der Waals surface area contributed by atoms with Crippen molar-refractivity contribution in [3.8, 4) is 0 Å². The Bertz CT molecular complexity index is 1090. The first-order valence-electron chi connectivity index (χ1n) is 11.3. The lowest BCUT2D eigenvalue weighted by atomic mass is 10.1. The molecule has 2 aliphatic heterocycles. The van der Waals surface area contributed by atoms with Gasteiger partial charge < -0.3 is 20.2 Å². The highest BCUT2D eigenvalue weighted by Gasteiger charge is 2.43. The van der Waals surface area contributed by atoms with Crippen LogP contribution in [0.1, 0.15) is 18.4 Å². The predicted molar refractivity (Wildman–Crippen MR) is 122 cm³/mol. The number of fused-ring (bicyclic) bond motifs is 1. The van der Waals surface area contributed by atoms with Gasteiger partial charge in [-0.1, -0.05) is 0 Å². The van der Waals surface area contributed by atoms with E-state index in [9.17, 15) is 39.5 Å². The van der Waals surface area contributed by atoms with Crippen molar-refractivity contribution in [2.45, 2.75) is 50.0 Å². The van der Waals surface area contributed by atoms with Gasteiger partial charge in [-0.2, -0.15) is 39.5 Å². The van der Waals surface area contributed by atoms with Gasteiger partial charge in [-0.25, -0.2) is 24.4 Å². The molecule has 2 aromatic heterocycles. The third-order valence-electron chi connectivity index (χ3n) is 5.36. The van der Waals surface area contributed by atoms with E-state index in [4.69, 9.17) is 29.7 Å². The first kappa shape index (κ1) is 35.8. The van der Waals surface area contributed by atoms with Gasteiger partial charge in [-0.3, -0.25) is 9.88 Å². The quantitative estimate of drug-likeness (QED) is 0.429. The van der Waals surface area contributed by atoms with Crippen LogP contribution in [-0.2, 0) is 20.9 Å². The van der Waals surface area contributed by atoms with Gasteiger partial charge in [0.2, 0.25) is 5.95 Å². The van der Waals surface area contributed by atoms with Crippen LogP contribution in [0.25, 0.3) is 0 Å². The molecule has 0 aromatic carbocycles. The Hall–Kier alpha value is -4.23. The fraction of sp³-hybridized carbons (Fsp3) is 0.455. The number of alkyl halides is 9. The van der Waals surface area contributed by atoms with Crippen LogP contribution in [0.15, 0.2) is 43.0 Å². The topological polar surface area (TPSA) is 157 Å². The molecule has 0 radical (unpaired) electrons. The molecule has 0 unspecified atom stereocenters. The second-order valence-corrected chi connectivity index (χ2v) is 8.19. The Balaban J connectivity index is 0.000000348. The largest absolute Gasteiger partial charge is 0.490 e. The number of carbonyl (C=O) groups is 3. The van der Waals surface area contributed by atoms with Crippen molar-refractivity contribution in [1.82, 2.24) is 19.9 Å². The van der Waals surface area contributed by atoms with Crippen molar-refractivity contribution in [2.24, 2.45) is 0 Å². The van der Waals surface area contributed by atoms with Crippen LogP contribution < -0.4 is 4.90 Å². The van der Waals surface area contributed by atoms with Crippen molar-refractivity contribution >= 4 is 23.9 Å². The van der Waals surface area contributed by atoms with Gasteiger partial charge >= 0.3 is 36.4 Å². The molecule has 0 spiro atoms. The number of rotatable bonds is 3. The molecule has 0 bridgehead atoms. The van der Waals surface area contributed by atoms with Crippen LogP contribution in [0.5, 0.6) is 0 Å². The molecule has 11 nitrogen and oxygen atoms in total. The summed E-state index contributed by atoms with van der Waals surface area (Å²) in [6, 6.07) is 7.29. The van der Waals surface area contributed by atoms with Crippen LogP contribution in [0, 0.1) is 0 Å². The van der Waals surface area contributed by atoms with Gasteiger partial charge in [-0.05, 0) is 36.6 Å². The Labute approximate surface area is 230 Å². The monoisotopic (exact) mass is 623 g/mol. The number of nitrogens with zero attached hydrogens (tertiary/aromatic N) is 5. The average molecular weight is 623 g/mol. The maximum atomic E-state index is 10.6. The van der Waals surface area contributed by atoms with Gasteiger partial charge in [0.05, 0.1) is 0 Å². The lowest BCUT2D eigenvalue weighted by Gasteiger charge is -2.25. The number of hydrogen-bond acceptors (Lipinski definition) is 8. The number of carboxylic acids is 3. The molecule has 0 saturated carbocycles. The van der Waals surface area contributed by atoms with Crippen molar-refractivity contribution in [2.75, 3.05) is 18.0 Å². The van der Waals surface area contributed by atoms with Crippen LogP contribution in [0.4, 0.5) is 45.5 Å². The van der Waals surface area contributed by atoms with Gasteiger partial charge in [0.1, 0.15) is 0 Å². The van der Waals surface area contributed by atoms with Crippen molar-refractivity contribution in [3.63, 3.8) is 0 Å². The highest BCUT2D eigenvalue weighted by atomic mass is 19.4. The van der Waals surface area contributed by atoms with E-state index in [0.29, 0.717) is 12.1 Å². The van der Waals surface area contributed by atoms with E-state index < -0.39 is 36.4 Å². The minimum atomic E-state index is -5.08. The van der Waals surface area contributed by atoms with Crippen LogP contribution in [0.3, 0.4) is 0 Å². The molecule has 2 fully saturated rings. The number of likely N-dealkylation sites (tertiary alicyclic amines) is 1. The predicted octanol–water partition coefficient (Wildman–Crippen LogP) is 3.62. The zero-order valence-corrected chi connectivity index (χ0v) is 20.9. The lowest BCUT2D eigenvalue weighted by molar-refractivity contribution is -0.193. The smallest absolute Gasteiger partial charge is 0.475 e. The van der Waals surface area contributed by atoms with Crippen molar-refractivity contribution < 1.29 is 69.2 Å². The summed E-state index contributed by atoms with van der Waals surface area (Å²) in [5, 5.41) is 21.4. The minimum Gasteiger partial charge on any atom is -0.475 e. The Kier molecular flexibility index (Phi) is 12.9. The zero-order chi connectivity index (χ0) is 32.3. The molecule has 42 heavy (non-hydrogen) atoms. The van der Waals surface area contributed by atoms with E-state index >= 15 is 0 Å². The number of hydrogen-bond donors (Lipinski definition) is 3. The molecule has 2 aromatic rings. The highest BCUT2D eigenvalue weighted by Crippen LogP contribution is 2.34. The molecule has 234 valence electrons. The first-order chi connectivity index (χ1) is 19.2. The molecule has 0 amide bonds. The van der Waals surface area contributed by atoms with Gasteiger partial charge in [0, 0.05) is 56.5 Å². The lowest BCUT2D eigenvalue weighted by Crippen LogP contribution is -2.37. The van der Waals surface area contributed by atoms with E-state index in [1.54, 1.807) is 0 Å². The van der Waals surface area contributed by atoms with E-state index in [-0.39, 0.29) is 0 Å².